The molecular weight excluding hydrogens is 334 g/mol. The van der Waals surface area contributed by atoms with Crippen molar-refractivity contribution in [3.05, 3.63) is 11.3 Å². The number of carbonyl (C=O) groups is 1. The Morgan fingerprint density at radius 3 is 2.65 bits per heavy atom. The number of esters is 1. The summed E-state index contributed by atoms with van der Waals surface area (Å²) in [5, 5.41) is 4.65. The number of morpholine rings is 1. The minimum absolute atomic E-state index is 0.149. The van der Waals surface area contributed by atoms with Crippen LogP contribution in [0.4, 0.5) is 5.82 Å². The molecule has 0 N–H and O–H groups in total. The summed E-state index contributed by atoms with van der Waals surface area (Å²) in [5.74, 6) is 0.992. The van der Waals surface area contributed by atoms with Crippen molar-refractivity contribution in [2.24, 2.45) is 7.05 Å². The van der Waals surface area contributed by atoms with Crippen LogP contribution >= 0.6 is 0 Å². The van der Waals surface area contributed by atoms with Crippen LogP contribution in [-0.4, -0.2) is 91.7 Å². The highest BCUT2D eigenvalue weighted by molar-refractivity contribution is 5.76. The highest BCUT2D eigenvalue weighted by Gasteiger charge is 2.39. The van der Waals surface area contributed by atoms with E-state index in [9.17, 15) is 4.79 Å². The molecule has 3 rings (SSSR count). The number of hydrogen-bond acceptors (Lipinski definition) is 7. The monoisotopic (exact) mass is 365 g/mol. The van der Waals surface area contributed by atoms with Crippen LogP contribution in [-0.2, 0) is 27.9 Å². The van der Waals surface area contributed by atoms with E-state index in [1.807, 2.05) is 18.7 Å². The summed E-state index contributed by atoms with van der Waals surface area (Å²) >= 11 is 0. The van der Waals surface area contributed by atoms with E-state index in [0.717, 1.165) is 50.8 Å². The molecule has 146 valence electrons. The van der Waals surface area contributed by atoms with Gasteiger partial charge in [0.1, 0.15) is 11.9 Å². The van der Waals surface area contributed by atoms with Gasteiger partial charge in [-0.3, -0.25) is 14.4 Å². The molecule has 3 heterocycles. The molecule has 2 fully saturated rings. The average molecular weight is 365 g/mol. The van der Waals surface area contributed by atoms with Crippen LogP contribution in [0.15, 0.2) is 0 Å². The van der Waals surface area contributed by atoms with Crippen LogP contribution in [0, 0.1) is 6.92 Å². The zero-order chi connectivity index (χ0) is 18.8. The van der Waals surface area contributed by atoms with E-state index >= 15 is 0 Å². The standard InChI is InChI=1S/C18H31N5O3/c1-13-15(17(21(4)19-13)22-6-8-26-9-7-22)12-23-11-14(20(2)3)10-16(23)18(24)25-5/h14,16H,6-12H2,1-5H3/t14-,16+/m1/s1. The van der Waals surface area contributed by atoms with Gasteiger partial charge in [-0.25, -0.2) is 0 Å². The third kappa shape index (κ3) is 3.72. The minimum Gasteiger partial charge on any atom is -0.468 e. The van der Waals surface area contributed by atoms with E-state index in [-0.39, 0.29) is 12.0 Å². The molecule has 0 spiro atoms. The molecule has 0 saturated carbocycles. The summed E-state index contributed by atoms with van der Waals surface area (Å²) in [6, 6.07) is 0.146. The fourth-order valence-corrected chi connectivity index (χ4v) is 4.06. The van der Waals surface area contributed by atoms with Crippen molar-refractivity contribution >= 4 is 11.8 Å². The van der Waals surface area contributed by atoms with E-state index in [1.165, 1.54) is 12.7 Å². The summed E-state index contributed by atoms with van der Waals surface area (Å²) in [7, 11) is 7.59. The maximum atomic E-state index is 12.3. The normalized spacial score (nSPS) is 24.5. The maximum absolute atomic E-state index is 12.3. The first-order valence-electron chi connectivity index (χ1n) is 9.25. The van der Waals surface area contributed by atoms with Gasteiger partial charge in [0.15, 0.2) is 0 Å². The molecule has 2 saturated heterocycles. The summed E-state index contributed by atoms with van der Waals surface area (Å²) in [4.78, 5) is 19.1. The predicted molar refractivity (Wildman–Crippen MR) is 99.3 cm³/mol. The smallest absolute Gasteiger partial charge is 0.323 e. The number of likely N-dealkylation sites (N-methyl/N-ethyl adjacent to an activating group) is 1. The van der Waals surface area contributed by atoms with Crippen molar-refractivity contribution in [1.82, 2.24) is 19.6 Å². The number of rotatable bonds is 5. The molecule has 0 radical (unpaired) electrons. The third-order valence-corrected chi connectivity index (χ3v) is 5.57. The molecule has 2 aliphatic rings. The van der Waals surface area contributed by atoms with E-state index < -0.39 is 0 Å². The van der Waals surface area contributed by atoms with Gasteiger partial charge in [-0.05, 0) is 27.4 Å². The van der Waals surface area contributed by atoms with Crippen molar-refractivity contribution in [3.63, 3.8) is 0 Å². The minimum atomic E-state index is -0.204. The molecule has 8 heteroatoms. The van der Waals surface area contributed by atoms with Crippen molar-refractivity contribution in [2.45, 2.75) is 32.0 Å². The summed E-state index contributed by atoms with van der Waals surface area (Å²) in [6.07, 6.45) is 0.797. The third-order valence-electron chi connectivity index (χ3n) is 5.57. The van der Waals surface area contributed by atoms with Gasteiger partial charge in [0, 0.05) is 44.8 Å². The Hall–Kier alpha value is -1.64. The van der Waals surface area contributed by atoms with Crippen LogP contribution in [0.25, 0.3) is 0 Å². The number of anilines is 1. The van der Waals surface area contributed by atoms with Gasteiger partial charge in [0.05, 0.1) is 26.0 Å². The van der Waals surface area contributed by atoms with E-state index in [0.29, 0.717) is 12.6 Å². The number of carbonyl (C=O) groups excluding carboxylic acids is 1. The molecule has 0 aliphatic carbocycles. The van der Waals surface area contributed by atoms with Crippen LogP contribution in [0.3, 0.4) is 0 Å². The van der Waals surface area contributed by atoms with Gasteiger partial charge in [0.25, 0.3) is 0 Å². The molecule has 0 aromatic carbocycles. The first-order chi connectivity index (χ1) is 12.4. The van der Waals surface area contributed by atoms with Gasteiger partial charge < -0.3 is 19.3 Å². The lowest BCUT2D eigenvalue weighted by atomic mass is 10.1. The van der Waals surface area contributed by atoms with Crippen LogP contribution in [0.2, 0.25) is 0 Å². The van der Waals surface area contributed by atoms with Gasteiger partial charge in [-0.1, -0.05) is 0 Å². The van der Waals surface area contributed by atoms with Crippen LogP contribution < -0.4 is 4.90 Å². The summed E-state index contributed by atoms with van der Waals surface area (Å²) in [6.45, 7) is 6.81. The van der Waals surface area contributed by atoms with Crippen molar-refractivity contribution in [2.75, 3.05) is 59.0 Å². The first-order valence-corrected chi connectivity index (χ1v) is 9.25. The van der Waals surface area contributed by atoms with Crippen LogP contribution in [0.1, 0.15) is 17.7 Å². The quantitative estimate of drug-likeness (QED) is 0.693. The number of methoxy groups -OCH3 is 1. The van der Waals surface area contributed by atoms with E-state index in [2.05, 4.69) is 33.9 Å². The molecule has 0 bridgehead atoms. The molecule has 2 atom stereocenters. The molecule has 1 aromatic rings. The van der Waals surface area contributed by atoms with Crippen molar-refractivity contribution in [1.29, 1.82) is 0 Å². The lowest BCUT2D eigenvalue weighted by Gasteiger charge is -2.31. The SMILES string of the molecule is COC(=O)[C@@H]1C[C@@H](N(C)C)CN1Cc1c(C)nn(C)c1N1CCOCC1. The maximum Gasteiger partial charge on any atom is 0.323 e. The number of aryl methyl sites for hydroxylation is 2. The van der Waals surface area contributed by atoms with E-state index in [4.69, 9.17) is 9.47 Å². The average Bonchev–Trinajstić information content (AvgIpc) is 3.17. The Morgan fingerprint density at radius 2 is 2.04 bits per heavy atom. The highest BCUT2D eigenvalue weighted by atomic mass is 16.5. The molecule has 1 aromatic heterocycles. The molecule has 2 aliphatic heterocycles. The number of likely N-dealkylation sites (tertiary alicyclic amines) is 1. The first kappa shape index (κ1) is 19.1. The molecule has 26 heavy (non-hydrogen) atoms. The van der Waals surface area contributed by atoms with E-state index in [1.54, 1.807) is 0 Å². The Labute approximate surface area is 155 Å². The number of aromatic nitrogens is 2. The lowest BCUT2D eigenvalue weighted by Crippen LogP contribution is -2.40. The Kier molecular flexibility index (Phi) is 5.84. The Bertz CT molecular complexity index is 639. The molecule has 8 nitrogen and oxygen atoms in total. The van der Waals surface area contributed by atoms with Crippen molar-refractivity contribution in [3.8, 4) is 0 Å². The lowest BCUT2D eigenvalue weighted by molar-refractivity contribution is -0.146. The Balaban J connectivity index is 1.85. The largest absolute Gasteiger partial charge is 0.468 e. The Morgan fingerprint density at radius 1 is 1.35 bits per heavy atom. The predicted octanol–water partition coefficient (Wildman–Crippen LogP) is 0.243. The number of hydrogen-bond donors (Lipinski definition) is 0. The van der Waals surface area contributed by atoms with Crippen molar-refractivity contribution < 1.29 is 14.3 Å². The van der Waals surface area contributed by atoms with Crippen LogP contribution in [0.5, 0.6) is 0 Å². The second kappa shape index (κ2) is 7.94. The van der Waals surface area contributed by atoms with Gasteiger partial charge >= 0.3 is 5.97 Å². The van der Waals surface area contributed by atoms with Gasteiger partial charge in [-0.15, -0.1) is 0 Å². The van der Waals surface area contributed by atoms with Gasteiger partial charge in [0.2, 0.25) is 0 Å². The second-order valence-electron chi connectivity index (χ2n) is 7.43. The second-order valence-corrected chi connectivity index (χ2v) is 7.43. The summed E-state index contributed by atoms with van der Waals surface area (Å²) in [5.41, 5.74) is 2.22. The number of ether oxygens (including phenoxy) is 2. The zero-order valence-electron chi connectivity index (χ0n) is 16.6. The molecular formula is C18H31N5O3. The van der Waals surface area contributed by atoms with Gasteiger partial charge in [-0.2, -0.15) is 5.10 Å². The molecule has 0 unspecified atom stereocenters. The summed E-state index contributed by atoms with van der Waals surface area (Å²) < 4.78 is 12.5. The topological polar surface area (TPSA) is 63.1 Å². The zero-order valence-corrected chi connectivity index (χ0v) is 16.6. The highest BCUT2D eigenvalue weighted by Crippen LogP contribution is 2.30. The fraction of sp³-hybridized carbons (Fsp3) is 0.778. The number of nitrogens with zero attached hydrogens (tertiary/aromatic N) is 5. The molecule has 0 amide bonds. The fourth-order valence-electron chi connectivity index (χ4n) is 4.06.